The van der Waals surface area contributed by atoms with Crippen LogP contribution in [0.15, 0.2) is 42.6 Å². The summed E-state index contributed by atoms with van der Waals surface area (Å²) in [4.78, 5) is 18.9. The molecule has 1 saturated heterocycles. The van der Waals surface area contributed by atoms with Gasteiger partial charge < -0.3 is 14.8 Å². The van der Waals surface area contributed by atoms with Crippen LogP contribution < -0.4 is 10.2 Å². The third kappa shape index (κ3) is 4.84. The molecule has 176 valence electrons. The fourth-order valence-electron chi connectivity index (χ4n) is 4.46. The summed E-state index contributed by atoms with van der Waals surface area (Å²) >= 11 is 0. The number of rotatable bonds is 5. The van der Waals surface area contributed by atoms with Crippen LogP contribution in [-0.4, -0.2) is 28.5 Å². The van der Waals surface area contributed by atoms with Gasteiger partial charge in [0.05, 0.1) is 5.92 Å². The number of anilines is 1. The second-order valence-corrected chi connectivity index (χ2v) is 9.00. The van der Waals surface area contributed by atoms with Crippen LogP contribution in [0.3, 0.4) is 0 Å². The van der Waals surface area contributed by atoms with E-state index in [0.29, 0.717) is 30.4 Å². The Bertz CT molecular complexity index is 1150. The minimum absolute atomic E-state index is 0.125. The minimum Gasteiger partial charge on any atom is -0.356 e. The number of aryl methyl sites for hydroxylation is 1. The Kier molecular flexibility index (Phi) is 6.36. The van der Waals surface area contributed by atoms with Crippen LogP contribution >= 0.6 is 0 Å². The van der Waals surface area contributed by atoms with E-state index in [1.54, 1.807) is 0 Å². The topological polar surface area (TPSA) is 50.2 Å². The molecule has 1 unspecified atom stereocenters. The number of piperidine rings is 1. The fourth-order valence-corrected chi connectivity index (χ4v) is 4.46. The number of alkyl halides is 3. The van der Waals surface area contributed by atoms with E-state index in [1.165, 1.54) is 6.07 Å². The number of pyridine rings is 1. The highest BCUT2D eigenvalue weighted by molar-refractivity contribution is 5.92. The number of halogens is 3. The molecular weight excluding hydrogens is 429 g/mol. The quantitative estimate of drug-likeness (QED) is 0.568. The number of benzene rings is 1. The van der Waals surface area contributed by atoms with Crippen molar-refractivity contribution in [3.8, 4) is 0 Å². The predicted molar refractivity (Wildman–Crippen MR) is 123 cm³/mol. The van der Waals surface area contributed by atoms with Crippen LogP contribution in [0.25, 0.3) is 10.9 Å². The molecule has 0 saturated carbocycles. The summed E-state index contributed by atoms with van der Waals surface area (Å²) in [5.41, 5.74) is 1.65. The molecule has 8 heteroatoms. The van der Waals surface area contributed by atoms with Crippen molar-refractivity contribution in [1.29, 1.82) is 0 Å². The maximum absolute atomic E-state index is 13.3. The van der Waals surface area contributed by atoms with Crippen molar-refractivity contribution in [2.24, 2.45) is 13.0 Å². The first kappa shape index (κ1) is 23.1. The van der Waals surface area contributed by atoms with Gasteiger partial charge in [-0.2, -0.15) is 13.2 Å². The number of carbonyl (C=O) groups excluding carboxylic acids is 1. The lowest BCUT2D eigenvalue weighted by atomic mass is 9.98. The van der Waals surface area contributed by atoms with E-state index in [2.05, 4.69) is 17.2 Å². The summed E-state index contributed by atoms with van der Waals surface area (Å²) in [6, 6.07) is 10.3. The molecule has 3 heterocycles. The average molecular weight is 459 g/mol. The fraction of sp³-hybridized carbons (Fsp3) is 0.440. The lowest BCUT2D eigenvalue weighted by molar-refractivity contribution is -0.141. The minimum atomic E-state index is -4.51. The number of nitrogens with zero attached hydrogens (tertiary/aromatic N) is 3. The van der Waals surface area contributed by atoms with Crippen LogP contribution in [0.5, 0.6) is 0 Å². The number of fused-ring (bicyclic) bond motifs is 1. The number of carbonyl (C=O) groups is 1. The van der Waals surface area contributed by atoms with Crippen molar-refractivity contribution in [1.82, 2.24) is 14.9 Å². The second-order valence-electron chi connectivity index (χ2n) is 9.00. The Morgan fingerprint density at radius 2 is 1.88 bits per heavy atom. The number of aromatic nitrogens is 2. The van der Waals surface area contributed by atoms with Gasteiger partial charge in [-0.05, 0) is 43.4 Å². The Labute approximate surface area is 191 Å². The Hall–Kier alpha value is -3.03. The van der Waals surface area contributed by atoms with Gasteiger partial charge in [0.2, 0.25) is 5.91 Å². The molecule has 33 heavy (non-hydrogen) atoms. The van der Waals surface area contributed by atoms with E-state index in [4.69, 9.17) is 0 Å². The van der Waals surface area contributed by atoms with Crippen LogP contribution in [0.1, 0.15) is 49.4 Å². The van der Waals surface area contributed by atoms with Gasteiger partial charge in [-0.25, -0.2) is 4.98 Å². The summed E-state index contributed by atoms with van der Waals surface area (Å²) in [7, 11) is 1.94. The molecule has 0 radical (unpaired) electrons. The number of hydrogen-bond donors (Lipinski definition) is 1. The highest BCUT2D eigenvalue weighted by Crippen LogP contribution is 2.32. The first-order valence-electron chi connectivity index (χ1n) is 11.3. The largest absolute Gasteiger partial charge is 0.433 e. The second kappa shape index (κ2) is 9.08. The molecule has 4 rings (SSSR count). The first-order valence-corrected chi connectivity index (χ1v) is 11.3. The molecule has 0 aliphatic carbocycles. The van der Waals surface area contributed by atoms with Gasteiger partial charge >= 0.3 is 6.18 Å². The monoisotopic (exact) mass is 458 g/mol. The molecule has 1 aliphatic heterocycles. The average Bonchev–Trinajstić information content (AvgIpc) is 3.13. The van der Waals surface area contributed by atoms with Crippen molar-refractivity contribution < 1.29 is 18.0 Å². The maximum atomic E-state index is 13.3. The van der Waals surface area contributed by atoms with E-state index < -0.39 is 17.8 Å². The standard InChI is InChI=1S/C25H29F3N4O/c1-16-10-12-32(13-11-16)23-18(8-9-22(30-23)25(26,27)28)14-29-24(33)17(2)20-15-31(3)21-7-5-4-6-19(20)21/h4-9,15-17H,10-14H2,1-3H3,(H,29,33). The highest BCUT2D eigenvalue weighted by Gasteiger charge is 2.34. The lowest BCUT2D eigenvalue weighted by Gasteiger charge is -2.33. The smallest absolute Gasteiger partial charge is 0.356 e. The third-order valence-corrected chi connectivity index (χ3v) is 6.57. The molecule has 1 fully saturated rings. The van der Waals surface area contributed by atoms with Gasteiger partial charge in [0.25, 0.3) is 0 Å². The van der Waals surface area contributed by atoms with Crippen molar-refractivity contribution in [3.63, 3.8) is 0 Å². The number of nitrogens with one attached hydrogen (secondary N) is 1. The van der Waals surface area contributed by atoms with E-state index in [9.17, 15) is 18.0 Å². The van der Waals surface area contributed by atoms with Gasteiger partial charge in [-0.3, -0.25) is 4.79 Å². The summed E-state index contributed by atoms with van der Waals surface area (Å²) in [6.07, 6.45) is -0.749. The normalized spacial score (nSPS) is 16.2. The first-order chi connectivity index (χ1) is 15.6. The SMILES string of the molecule is CC1CCN(c2nc(C(F)(F)F)ccc2CNC(=O)C(C)c2cn(C)c3ccccc23)CC1. The van der Waals surface area contributed by atoms with Crippen LogP contribution in [0.2, 0.25) is 0 Å². The highest BCUT2D eigenvalue weighted by atomic mass is 19.4. The van der Waals surface area contributed by atoms with Gasteiger partial charge in [-0.1, -0.05) is 31.2 Å². The van der Waals surface area contributed by atoms with E-state index in [-0.39, 0.29) is 12.5 Å². The summed E-state index contributed by atoms with van der Waals surface area (Å²) in [6.45, 7) is 5.42. The molecule has 1 aromatic carbocycles. The van der Waals surface area contributed by atoms with Crippen LogP contribution in [0, 0.1) is 5.92 Å². The molecule has 1 N–H and O–H groups in total. The van der Waals surface area contributed by atoms with Crippen LogP contribution in [-0.2, 0) is 24.6 Å². The Morgan fingerprint density at radius 1 is 1.18 bits per heavy atom. The molecule has 1 atom stereocenters. The van der Waals surface area contributed by atoms with Crippen LogP contribution in [0.4, 0.5) is 19.0 Å². The number of hydrogen-bond acceptors (Lipinski definition) is 3. The molecule has 2 aromatic heterocycles. The summed E-state index contributed by atoms with van der Waals surface area (Å²) in [5.74, 6) is 0.272. The van der Waals surface area contributed by atoms with Gasteiger partial charge in [0.1, 0.15) is 11.5 Å². The zero-order valence-electron chi connectivity index (χ0n) is 19.1. The molecule has 1 aliphatic rings. The van der Waals surface area contributed by atoms with Crippen molar-refractivity contribution >= 4 is 22.6 Å². The van der Waals surface area contributed by atoms with E-state index in [1.807, 2.05) is 53.9 Å². The van der Waals surface area contributed by atoms with E-state index >= 15 is 0 Å². The molecule has 3 aromatic rings. The third-order valence-electron chi connectivity index (χ3n) is 6.57. The lowest BCUT2D eigenvalue weighted by Crippen LogP contribution is -2.35. The van der Waals surface area contributed by atoms with Gasteiger partial charge in [-0.15, -0.1) is 0 Å². The molecular formula is C25H29F3N4O. The zero-order chi connectivity index (χ0) is 23.8. The van der Waals surface area contributed by atoms with Crippen molar-refractivity contribution in [2.75, 3.05) is 18.0 Å². The number of amides is 1. The zero-order valence-corrected chi connectivity index (χ0v) is 19.1. The Balaban J connectivity index is 1.55. The van der Waals surface area contributed by atoms with E-state index in [0.717, 1.165) is 35.4 Å². The molecule has 0 bridgehead atoms. The van der Waals surface area contributed by atoms with Crippen molar-refractivity contribution in [3.05, 3.63) is 59.4 Å². The molecule has 0 spiro atoms. The van der Waals surface area contributed by atoms with Gasteiger partial charge in [0.15, 0.2) is 0 Å². The number of para-hydroxylation sites is 1. The van der Waals surface area contributed by atoms with Crippen molar-refractivity contribution in [2.45, 2.75) is 45.3 Å². The predicted octanol–water partition coefficient (Wildman–Crippen LogP) is 5.25. The molecule has 5 nitrogen and oxygen atoms in total. The summed E-state index contributed by atoms with van der Waals surface area (Å²) < 4.78 is 41.9. The maximum Gasteiger partial charge on any atom is 0.433 e. The Morgan fingerprint density at radius 3 is 2.58 bits per heavy atom. The van der Waals surface area contributed by atoms with Gasteiger partial charge in [0, 0.05) is 49.3 Å². The molecule has 1 amide bonds. The summed E-state index contributed by atoms with van der Waals surface area (Å²) in [5, 5.41) is 3.94.